The third kappa shape index (κ3) is 4.62. The number of hydrogen-bond donors (Lipinski definition) is 1. The molecule has 2 aromatic carbocycles. The summed E-state index contributed by atoms with van der Waals surface area (Å²) in [6.45, 7) is 0.882. The van der Waals surface area contributed by atoms with Crippen LogP contribution in [0.4, 0.5) is 0 Å². The molecule has 1 atom stereocenters. The van der Waals surface area contributed by atoms with Crippen molar-refractivity contribution in [1.29, 1.82) is 0 Å². The molecule has 0 heterocycles. The summed E-state index contributed by atoms with van der Waals surface area (Å²) in [7, 11) is 1.95. The van der Waals surface area contributed by atoms with Crippen LogP contribution in [0.1, 0.15) is 11.1 Å². The third-order valence-electron chi connectivity index (χ3n) is 3.51. The van der Waals surface area contributed by atoms with E-state index in [0.717, 1.165) is 45.6 Å². The highest BCUT2D eigenvalue weighted by Crippen LogP contribution is 2.28. The van der Waals surface area contributed by atoms with Crippen molar-refractivity contribution in [2.75, 3.05) is 13.6 Å². The van der Waals surface area contributed by atoms with E-state index in [1.807, 2.05) is 43.4 Å². The minimum atomic E-state index is 0.382. The van der Waals surface area contributed by atoms with Crippen LogP contribution in [0.2, 0.25) is 15.1 Å². The Bertz CT molecular complexity index is 578. The average molecular weight is 343 g/mol. The SMILES string of the molecule is CNCC(Cc1ccccc1Cl)Cc1c(Cl)cccc1Cl. The molecule has 0 spiro atoms. The first kappa shape index (κ1) is 16.6. The van der Waals surface area contributed by atoms with Gasteiger partial charge in [0.1, 0.15) is 0 Å². The molecule has 2 aromatic rings. The molecule has 4 heteroatoms. The van der Waals surface area contributed by atoms with Crippen molar-refractivity contribution in [3.05, 3.63) is 68.7 Å². The number of benzene rings is 2. The topological polar surface area (TPSA) is 12.0 Å². The van der Waals surface area contributed by atoms with Crippen molar-refractivity contribution >= 4 is 34.8 Å². The van der Waals surface area contributed by atoms with E-state index < -0.39 is 0 Å². The summed E-state index contributed by atoms with van der Waals surface area (Å²) in [4.78, 5) is 0. The average Bonchev–Trinajstić information content (AvgIpc) is 2.45. The van der Waals surface area contributed by atoms with E-state index in [9.17, 15) is 0 Å². The summed E-state index contributed by atoms with van der Waals surface area (Å²) in [5.74, 6) is 0.382. The summed E-state index contributed by atoms with van der Waals surface area (Å²) in [6, 6.07) is 13.6. The summed E-state index contributed by atoms with van der Waals surface area (Å²) in [5.41, 5.74) is 2.16. The highest BCUT2D eigenvalue weighted by molar-refractivity contribution is 6.36. The Morgan fingerprint density at radius 3 is 2.10 bits per heavy atom. The van der Waals surface area contributed by atoms with Crippen LogP contribution in [0.3, 0.4) is 0 Å². The fourth-order valence-corrected chi connectivity index (χ4v) is 3.26. The fourth-order valence-electron chi connectivity index (χ4n) is 2.50. The van der Waals surface area contributed by atoms with Crippen LogP contribution in [0.5, 0.6) is 0 Å². The maximum Gasteiger partial charge on any atom is 0.0452 e. The van der Waals surface area contributed by atoms with Gasteiger partial charge >= 0.3 is 0 Å². The lowest BCUT2D eigenvalue weighted by molar-refractivity contribution is 0.493. The van der Waals surface area contributed by atoms with E-state index in [2.05, 4.69) is 11.4 Å². The summed E-state index contributed by atoms with van der Waals surface area (Å²) in [5, 5.41) is 5.50. The monoisotopic (exact) mass is 341 g/mol. The molecule has 0 aliphatic rings. The Morgan fingerprint density at radius 1 is 0.857 bits per heavy atom. The maximum absolute atomic E-state index is 6.28. The van der Waals surface area contributed by atoms with Gasteiger partial charge in [-0.15, -0.1) is 0 Å². The molecule has 1 unspecified atom stereocenters. The fraction of sp³-hybridized carbons (Fsp3) is 0.294. The van der Waals surface area contributed by atoms with E-state index in [1.165, 1.54) is 0 Å². The van der Waals surface area contributed by atoms with Crippen LogP contribution in [-0.4, -0.2) is 13.6 Å². The van der Waals surface area contributed by atoms with E-state index in [4.69, 9.17) is 34.8 Å². The van der Waals surface area contributed by atoms with Gasteiger partial charge in [0.25, 0.3) is 0 Å². The van der Waals surface area contributed by atoms with Gasteiger partial charge < -0.3 is 5.32 Å². The van der Waals surface area contributed by atoms with Crippen molar-refractivity contribution in [2.24, 2.45) is 5.92 Å². The van der Waals surface area contributed by atoms with Gasteiger partial charge in [0.2, 0.25) is 0 Å². The molecule has 0 aliphatic heterocycles. The zero-order chi connectivity index (χ0) is 15.2. The smallest absolute Gasteiger partial charge is 0.0452 e. The lowest BCUT2D eigenvalue weighted by atomic mass is 9.92. The third-order valence-corrected chi connectivity index (χ3v) is 4.59. The molecule has 1 N–H and O–H groups in total. The van der Waals surface area contributed by atoms with Crippen molar-refractivity contribution in [2.45, 2.75) is 12.8 Å². The van der Waals surface area contributed by atoms with Gasteiger partial charge in [0.05, 0.1) is 0 Å². The van der Waals surface area contributed by atoms with Crippen LogP contribution >= 0.6 is 34.8 Å². The van der Waals surface area contributed by atoms with E-state index in [1.54, 1.807) is 0 Å². The number of halogens is 3. The minimum absolute atomic E-state index is 0.382. The zero-order valence-corrected chi connectivity index (χ0v) is 14.1. The van der Waals surface area contributed by atoms with Gasteiger partial charge in [0, 0.05) is 15.1 Å². The lowest BCUT2D eigenvalue weighted by Gasteiger charge is -2.19. The first-order chi connectivity index (χ1) is 10.1. The van der Waals surface area contributed by atoms with Crippen molar-refractivity contribution in [1.82, 2.24) is 5.32 Å². The number of hydrogen-bond acceptors (Lipinski definition) is 1. The number of nitrogens with one attached hydrogen (secondary N) is 1. The van der Waals surface area contributed by atoms with Crippen LogP contribution in [0.15, 0.2) is 42.5 Å². The van der Waals surface area contributed by atoms with Crippen LogP contribution in [0, 0.1) is 5.92 Å². The molecule has 0 saturated carbocycles. The van der Waals surface area contributed by atoms with Crippen LogP contribution in [-0.2, 0) is 12.8 Å². The van der Waals surface area contributed by atoms with Gasteiger partial charge in [-0.05, 0) is 61.7 Å². The summed E-state index contributed by atoms with van der Waals surface area (Å²) in [6.07, 6.45) is 1.71. The second kappa shape index (κ2) is 8.05. The quantitative estimate of drug-likeness (QED) is 0.754. The largest absolute Gasteiger partial charge is 0.319 e. The second-order valence-electron chi connectivity index (χ2n) is 5.12. The molecule has 1 nitrogen and oxygen atoms in total. The number of rotatable bonds is 6. The Balaban J connectivity index is 2.18. The zero-order valence-electron chi connectivity index (χ0n) is 11.9. The van der Waals surface area contributed by atoms with Crippen molar-refractivity contribution in [3.63, 3.8) is 0 Å². The van der Waals surface area contributed by atoms with Gasteiger partial charge in [0.15, 0.2) is 0 Å². The van der Waals surface area contributed by atoms with E-state index in [-0.39, 0.29) is 0 Å². The predicted molar refractivity (Wildman–Crippen MR) is 92.7 cm³/mol. The first-order valence-electron chi connectivity index (χ1n) is 6.92. The highest BCUT2D eigenvalue weighted by atomic mass is 35.5. The Morgan fingerprint density at radius 2 is 1.48 bits per heavy atom. The maximum atomic E-state index is 6.28. The van der Waals surface area contributed by atoms with Gasteiger partial charge in [-0.25, -0.2) is 0 Å². The molecule has 2 rings (SSSR count). The normalized spacial score (nSPS) is 12.4. The highest BCUT2D eigenvalue weighted by Gasteiger charge is 2.15. The first-order valence-corrected chi connectivity index (χ1v) is 8.06. The van der Waals surface area contributed by atoms with Crippen LogP contribution in [0.25, 0.3) is 0 Å². The van der Waals surface area contributed by atoms with Gasteiger partial charge in [-0.2, -0.15) is 0 Å². The van der Waals surface area contributed by atoms with E-state index in [0.29, 0.717) is 5.92 Å². The van der Waals surface area contributed by atoms with Crippen LogP contribution < -0.4 is 5.32 Å². The molecule has 112 valence electrons. The second-order valence-corrected chi connectivity index (χ2v) is 6.35. The minimum Gasteiger partial charge on any atom is -0.319 e. The molecule has 0 aliphatic carbocycles. The molecular formula is C17H18Cl3N. The van der Waals surface area contributed by atoms with Gasteiger partial charge in [-0.3, -0.25) is 0 Å². The Hall–Kier alpha value is -0.730. The molecular weight excluding hydrogens is 325 g/mol. The molecule has 0 bridgehead atoms. The standard InChI is InChI=1S/C17H18Cl3N/c1-21-11-12(9-13-5-2-3-6-15(13)18)10-14-16(19)7-4-8-17(14)20/h2-8,12,21H,9-11H2,1H3. The van der Waals surface area contributed by atoms with Gasteiger partial charge in [-0.1, -0.05) is 59.1 Å². The predicted octanol–water partition coefficient (Wildman–Crippen LogP) is 5.27. The summed E-state index contributed by atoms with van der Waals surface area (Å²) < 4.78 is 0. The summed E-state index contributed by atoms with van der Waals surface area (Å²) >= 11 is 18.8. The Labute approximate surface area is 141 Å². The molecule has 21 heavy (non-hydrogen) atoms. The molecule has 0 aromatic heterocycles. The van der Waals surface area contributed by atoms with Crippen molar-refractivity contribution in [3.8, 4) is 0 Å². The molecule has 0 amide bonds. The van der Waals surface area contributed by atoms with E-state index >= 15 is 0 Å². The lowest BCUT2D eigenvalue weighted by Crippen LogP contribution is -2.23. The molecule has 0 fully saturated rings. The molecule has 0 saturated heterocycles. The Kier molecular flexibility index (Phi) is 6.38. The van der Waals surface area contributed by atoms with Crippen molar-refractivity contribution < 1.29 is 0 Å². The molecule has 0 radical (unpaired) electrons.